The molecule has 1 aromatic heterocycles. The lowest BCUT2D eigenvalue weighted by molar-refractivity contribution is 0.373. The van der Waals surface area contributed by atoms with Crippen molar-refractivity contribution in [2.45, 2.75) is 25.7 Å². The molecule has 4 heteroatoms. The van der Waals surface area contributed by atoms with Crippen molar-refractivity contribution in [3.05, 3.63) is 82.2 Å². The van der Waals surface area contributed by atoms with Gasteiger partial charge >= 0.3 is 0 Å². The molecule has 1 aliphatic rings. The molecule has 2 aromatic carbocycles. The molecule has 1 aliphatic heterocycles. The lowest BCUT2D eigenvalue weighted by atomic mass is 9.88. The monoisotopic (exact) mass is 336 g/mol. The van der Waals surface area contributed by atoms with Crippen LogP contribution < -0.4 is 0 Å². The maximum atomic E-state index is 6.45. The van der Waals surface area contributed by atoms with Crippen molar-refractivity contribution in [1.29, 1.82) is 0 Å². The van der Waals surface area contributed by atoms with E-state index in [0.29, 0.717) is 0 Å². The predicted molar refractivity (Wildman–Crippen MR) is 96.4 cm³/mol. The molecule has 0 radical (unpaired) electrons. The molecular formula is C20H17ClN2O. The number of benzene rings is 2. The fraction of sp³-hybridized carbons (Fsp3) is 0.200. The number of nitrogens with zero attached hydrogens (tertiary/aromatic N) is 2. The maximum absolute atomic E-state index is 6.45. The van der Waals surface area contributed by atoms with Crippen LogP contribution in [-0.2, 0) is 6.42 Å². The summed E-state index contributed by atoms with van der Waals surface area (Å²) in [4.78, 5) is 4.89. The average molecular weight is 337 g/mol. The highest BCUT2D eigenvalue weighted by molar-refractivity contribution is 6.31. The number of fused-ring (bicyclic) bond motifs is 1. The minimum atomic E-state index is 0.214. The maximum Gasteiger partial charge on any atom is 0.163 e. The van der Waals surface area contributed by atoms with Crippen molar-refractivity contribution in [1.82, 2.24) is 5.16 Å². The standard InChI is InChI=1S/C20H17ClN2O/c1-13-20-19(24-23-13)12-15(16-9-5-6-10-17(16)21)11-18(22-20)14-7-3-2-4-8-14/h2-10,15H,11-12H2,1H3. The van der Waals surface area contributed by atoms with Gasteiger partial charge in [-0.05, 0) is 36.5 Å². The molecule has 24 heavy (non-hydrogen) atoms. The van der Waals surface area contributed by atoms with Gasteiger partial charge < -0.3 is 4.52 Å². The number of hydrogen-bond acceptors (Lipinski definition) is 3. The summed E-state index contributed by atoms with van der Waals surface area (Å²) in [7, 11) is 0. The van der Waals surface area contributed by atoms with Gasteiger partial charge in [-0.15, -0.1) is 0 Å². The first-order chi connectivity index (χ1) is 11.7. The minimum Gasteiger partial charge on any atom is -0.359 e. The van der Waals surface area contributed by atoms with E-state index in [-0.39, 0.29) is 5.92 Å². The molecule has 4 rings (SSSR count). The number of aliphatic imine (C=N–C) groups is 1. The SMILES string of the molecule is Cc1noc2c1N=C(c1ccccc1)CC(c1ccccc1Cl)C2. The van der Waals surface area contributed by atoms with Crippen molar-refractivity contribution < 1.29 is 4.52 Å². The van der Waals surface area contributed by atoms with E-state index in [1.165, 1.54) is 0 Å². The van der Waals surface area contributed by atoms with Gasteiger partial charge in [0.15, 0.2) is 5.76 Å². The summed E-state index contributed by atoms with van der Waals surface area (Å²) in [5, 5.41) is 4.89. The van der Waals surface area contributed by atoms with Crippen molar-refractivity contribution in [3.63, 3.8) is 0 Å². The van der Waals surface area contributed by atoms with Crippen molar-refractivity contribution in [3.8, 4) is 0 Å². The van der Waals surface area contributed by atoms with Crippen LogP contribution in [0.2, 0.25) is 5.02 Å². The molecule has 0 saturated heterocycles. The molecule has 1 unspecified atom stereocenters. The highest BCUT2D eigenvalue weighted by atomic mass is 35.5. The van der Waals surface area contributed by atoms with E-state index in [1.54, 1.807) is 0 Å². The Kier molecular flexibility index (Phi) is 3.95. The van der Waals surface area contributed by atoms with E-state index < -0.39 is 0 Å². The lowest BCUT2D eigenvalue weighted by Crippen LogP contribution is -2.09. The van der Waals surface area contributed by atoms with Gasteiger partial charge in [0.25, 0.3) is 0 Å². The van der Waals surface area contributed by atoms with Crippen LogP contribution in [0, 0.1) is 6.92 Å². The smallest absolute Gasteiger partial charge is 0.163 e. The molecule has 0 amide bonds. The number of hydrogen-bond donors (Lipinski definition) is 0. The number of halogens is 1. The zero-order valence-corrected chi connectivity index (χ0v) is 14.1. The van der Waals surface area contributed by atoms with Crippen LogP contribution in [0.3, 0.4) is 0 Å². The van der Waals surface area contributed by atoms with Gasteiger partial charge in [-0.3, -0.25) is 0 Å². The largest absolute Gasteiger partial charge is 0.359 e. The second kappa shape index (κ2) is 6.25. The van der Waals surface area contributed by atoms with Gasteiger partial charge in [0.2, 0.25) is 0 Å². The van der Waals surface area contributed by atoms with Crippen LogP contribution in [-0.4, -0.2) is 10.9 Å². The summed E-state index contributed by atoms with van der Waals surface area (Å²) < 4.78 is 5.54. The number of aromatic nitrogens is 1. The van der Waals surface area contributed by atoms with Crippen LogP contribution in [0.4, 0.5) is 5.69 Å². The summed E-state index contributed by atoms with van der Waals surface area (Å²) in [6.45, 7) is 1.93. The molecule has 0 N–H and O–H groups in total. The topological polar surface area (TPSA) is 38.4 Å². The van der Waals surface area contributed by atoms with Gasteiger partial charge in [0.05, 0.1) is 0 Å². The van der Waals surface area contributed by atoms with Crippen LogP contribution >= 0.6 is 11.6 Å². The third kappa shape index (κ3) is 2.76. The van der Waals surface area contributed by atoms with Gasteiger partial charge in [-0.2, -0.15) is 0 Å². The van der Waals surface area contributed by atoms with Crippen LogP contribution in [0.1, 0.15) is 34.9 Å². The molecule has 3 aromatic rings. The lowest BCUT2D eigenvalue weighted by Gasteiger charge is -2.17. The quantitative estimate of drug-likeness (QED) is 0.620. The van der Waals surface area contributed by atoms with E-state index in [1.807, 2.05) is 43.3 Å². The fourth-order valence-corrected chi connectivity index (χ4v) is 3.53. The second-order valence-corrected chi connectivity index (χ2v) is 6.50. The highest BCUT2D eigenvalue weighted by Gasteiger charge is 2.27. The Morgan fingerprint density at radius 2 is 1.75 bits per heavy atom. The predicted octanol–water partition coefficient (Wildman–Crippen LogP) is 5.49. The molecule has 0 aliphatic carbocycles. The molecule has 0 fully saturated rings. The van der Waals surface area contributed by atoms with E-state index in [2.05, 4.69) is 23.4 Å². The second-order valence-electron chi connectivity index (χ2n) is 6.09. The summed E-state index contributed by atoms with van der Waals surface area (Å²) in [5.74, 6) is 1.05. The molecule has 120 valence electrons. The first-order valence-corrected chi connectivity index (χ1v) is 8.42. The first kappa shape index (κ1) is 15.2. The van der Waals surface area contributed by atoms with E-state index in [0.717, 1.165) is 51.8 Å². The van der Waals surface area contributed by atoms with Crippen molar-refractivity contribution in [2.75, 3.05) is 0 Å². The van der Waals surface area contributed by atoms with Gasteiger partial charge in [-0.1, -0.05) is 65.3 Å². The van der Waals surface area contributed by atoms with E-state index in [9.17, 15) is 0 Å². The third-order valence-electron chi connectivity index (χ3n) is 4.47. The van der Waals surface area contributed by atoms with Gasteiger partial charge in [0.1, 0.15) is 11.4 Å². The average Bonchev–Trinajstić information content (AvgIpc) is 2.84. The summed E-state index contributed by atoms with van der Waals surface area (Å²) in [6, 6.07) is 18.3. The first-order valence-electron chi connectivity index (χ1n) is 8.05. The van der Waals surface area contributed by atoms with E-state index in [4.69, 9.17) is 21.1 Å². The summed E-state index contributed by atoms with van der Waals surface area (Å²) in [5.41, 5.74) is 5.00. The molecule has 0 bridgehead atoms. The Balaban J connectivity index is 1.83. The highest BCUT2D eigenvalue weighted by Crippen LogP contribution is 2.38. The molecule has 0 spiro atoms. The Morgan fingerprint density at radius 3 is 2.54 bits per heavy atom. The molecular weight excluding hydrogens is 320 g/mol. The normalized spacial score (nSPS) is 17.1. The number of aryl methyl sites for hydroxylation is 1. The van der Waals surface area contributed by atoms with E-state index >= 15 is 0 Å². The molecule has 3 nitrogen and oxygen atoms in total. The molecule has 1 atom stereocenters. The third-order valence-corrected chi connectivity index (χ3v) is 4.81. The zero-order chi connectivity index (χ0) is 16.5. The van der Waals surface area contributed by atoms with Crippen molar-refractivity contribution >= 4 is 23.0 Å². The Hall–Kier alpha value is -2.39. The van der Waals surface area contributed by atoms with Gasteiger partial charge in [0, 0.05) is 17.2 Å². The summed E-state index contributed by atoms with van der Waals surface area (Å²) in [6.07, 6.45) is 1.57. The van der Waals surface area contributed by atoms with Crippen LogP contribution in [0.15, 0.2) is 64.1 Å². The number of rotatable bonds is 2. The van der Waals surface area contributed by atoms with Crippen LogP contribution in [0.25, 0.3) is 0 Å². The Bertz CT molecular complexity index is 899. The summed E-state index contributed by atoms with van der Waals surface area (Å²) >= 11 is 6.45. The molecule has 2 heterocycles. The van der Waals surface area contributed by atoms with Gasteiger partial charge in [-0.25, -0.2) is 4.99 Å². The fourth-order valence-electron chi connectivity index (χ4n) is 3.24. The minimum absolute atomic E-state index is 0.214. The van der Waals surface area contributed by atoms with Crippen LogP contribution in [0.5, 0.6) is 0 Å². The zero-order valence-electron chi connectivity index (χ0n) is 13.4. The van der Waals surface area contributed by atoms with Crippen molar-refractivity contribution in [2.24, 2.45) is 4.99 Å². The Labute approximate surface area is 146 Å². The Morgan fingerprint density at radius 1 is 1.00 bits per heavy atom. The molecule has 0 saturated carbocycles.